The second-order valence-electron chi connectivity index (χ2n) is 5.05. The molecule has 0 spiro atoms. The van der Waals surface area contributed by atoms with Crippen molar-refractivity contribution in [3.05, 3.63) is 59.2 Å². The Morgan fingerprint density at radius 3 is 2.00 bits per heavy atom. The number of alkyl halides is 6. The van der Waals surface area contributed by atoms with Crippen molar-refractivity contribution in [2.75, 3.05) is 12.3 Å². The lowest BCUT2D eigenvalue weighted by Gasteiger charge is -2.14. The fourth-order valence-corrected chi connectivity index (χ4v) is 2.03. The number of halogens is 6. The van der Waals surface area contributed by atoms with Gasteiger partial charge in [-0.15, -0.1) is 0 Å². The van der Waals surface area contributed by atoms with E-state index in [1.54, 1.807) is 0 Å². The Hall–Kier alpha value is -2.38. The lowest BCUT2D eigenvalue weighted by atomic mass is 10.1. The SMILES string of the molecule is Nc1ccc(OCCc2ccc(C(F)(F)F)cc2)c(C(F)(F)F)c1. The van der Waals surface area contributed by atoms with Crippen molar-refractivity contribution in [1.82, 2.24) is 0 Å². The second-order valence-corrected chi connectivity index (χ2v) is 5.05. The summed E-state index contributed by atoms with van der Waals surface area (Å²) in [7, 11) is 0. The minimum Gasteiger partial charge on any atom is -0.493 e. The predicted molar refractivity (Wildman–Crippen MR) is 76.5 cm³/mol. The van der Waals surface area contributed by atoms with Gasteiger partial charge in [0.2, 0.25) is 0 Å². The van der Waals surface area contributed by atoms with Gasteiger partial charge in [-0.2, -0.15) is 26.3 Å². The third-order valence-corrected chi connectivity index (χ3v) is 3.24. The molecule has 0 unspecified atom stereocenters. The van der Waals surface area contributed by atoms with E-state index in [1.807, 2.05) is 0 Å². The van der Waals surface area contributed by atoms with Crippen LogP contribution in [0.3, 0.4) is 0 Å². The fraction of sp³-hybridized carbons (Fsp3) is 0.250. The first-order valence-electron chi connectivity index (χ1n) is 6.83. The standard InChI is InChI=1S/C16H13F6NO/c17-15(18,19)11-3-1-10(2-4-11)7-8-24-14-6-5-12(23)9-13(14)16(20,21)22/h1-6,9H,7-8,23H2. The summed E-state index contributed by atoms with van der Waals surface area (Å²) >= 11 is 0. The molecule has 2 nitrogen and oxygen atoms in total. The monoisotopic (exact) mass is 349 g/mol. The summed E-state index contributed by atoms with van der Waals surface area (Å²) in [4.78, 5) is 0. The molecule has 0 aromatic heterocycles. The molecule has 0 fully saturated rings. The van der Waals surface area contributed by atoms with Gasteiger partial charge in [0.1, 0.15) is 5.75 Å². The van der Waals surface area contributed by atoms with E-state index < -0.39 is 23.5 Å². The maximum atomic E-state index is 12.9. The van der Waals surface area contributed by atoms with E-state index in [0.717, 1.165) is 24.3 Å². The summed E-state index contributed by atoms with van der Waals surface area (Å²) in [6.07, 6.45) is -8.88. The zero-order chi connectivity index (χ0) is 18.0. The highest BCUT2D eigenvalue weighted by atomic mass is 19.4. The minimum atomic E-state index is -4.61. The van der Waals surface area contributed by atoms with Crippen LogP contribution in [0, 0.1) is 0 Å². The Kier molecular flexibility index (Phi) is 4.96. The molecule has 2 aromatic carbocycles. The van der Waals surface area contributed by atoms with Crippen molar-refractivity contribution in [3.63, 3.8) is 0 Å². The number of anilines is 1. The molecule has 0 bridgehead atoms. The van der Waals surface area contributed by atoms with Gasteiger partial charge in [0, 0.05) is 12.1 Å². The summed E-state index contributed by atoms with van der Waals surface area (Å²) in [5.74, 6) is -0.372. The molecule has 0 radical (unpaired) electrons. The van der Waals surface area contributed by atoms with E-state index in [9.17, 15) is 26.3 Å². The summed E-state index contributed by atoms with van der Waals surface area (Å²) < 4.78 is 81.1. The molecule has 0 aliphatic carbocycles. The molecular formula is C16H13F6NO. The molecule has 0 atom stereocenters. The van der Waals surface area contributed by atoms with Crippen LogP contribution < -0.4 is 10.5 Å². The van der Waals surface area contributed by atoms with E-state index in [-0.39, 0.29) is 24.5 Å². The van der Waals surface area contributed by atoms with E-state index >= 15 is 0 Å². The molecular weight excluding hydrogens is 336 g/mol. The van der Waals surface area contributed by atoms with Crippen LogP contribution in [0.5, 0.6) is 5.75 Å². The molecule has 0 aliphatic heterocycles. The molecule has 0 aliphatic rings. The number of hydrogen-bond acceptors (Lipinski definition) is 2. The van der Waals surface area contributed by atoms with Gasteiger partial charge in [0.25, 0.3) is 0 Å². The summed E-state index contributed by atoms with van der Waals surface area (Å²) in [5.41, 5.74) is 4.04. The summed E-state index contributed by atoms with van der Waals surface area (Å²) in [6.45, 7) is -0.113. The Balaban J connectivity index is 2.02. The third-order valence-electron chi connectivity index (χ3n) is 3.24. The molecule has 24 heavy (non-hydrogen) atoms. The van der Waals surface area contributed by atoms with Crippen LogP contribution >= 0.6 is 0 Å². The van der Waals surface area contributed by atoms with Gasteiger partial charge < -0.3 is 10.5 Å². The average molecular weight is 349 g/mol. The molecule has 2 aromatic rings. The van der Waals surface area contributed by atoms with E-state index in [1.165, 1.54) is 18.2 Å². The first kappa shape index (κ1) is 18.0. The number of hydrogen-bond donors (Lipinski definition) is 1. The maximum Gasteiger partial charge on any atom is 0.420 e. The van der Waals surface area contributed by atoms with Gasteiger partial charge in [0.15, 0.2) is 0 Å². The highest BCUT2D eigenvalue weighted by Gasteiger charge is 2.34. The van der Waals surface area contributed by atoms with E-state index in [2.05, 4.69) is 0 Å². The highest BCUT2D eigenvalue weighted by molar-refractivity contribution is 5.49. The Morgan fingerprint density at radius 1 is 0.833 bits per heavy atom. The molecule has 0 saturated heterocycles. The Bertz CT molecular complexity index is 691. The lowest BCUT2D eigenvalue weighted by molar-refractivity contribution is -0.139. The Labute approximate surface area is 133 Å². The van der Waals surface area contributed by atoms with Crippen molar-refractivity contribution >= 4 is 5.69 Å². The van der Waals surface area contributed by atoms with Crippen LogP contribution in [-0.2, 0) is 18.8 Å². The predicted octanol–water partition coefficient (Wildman–Crippen LogP) is 4.93. The highest BCUT2D eigenvalue weighted by Crippen LogP contribution is 2.37. The molecule has 0 heterocycles. The fourth-order valence-electron chi connectivity index (χ4n) is 2.03. The molecule has 0 amide bonds. The molecule has 8 heteroatoms. The first-order valence-corrected chi connectivity index (χ1v) is 6.83. The smallest absolute Gasteiger partial charge is 0.420 e. The van der Waals surface area contributed by atoms with Gasteiger partial charge >= 0.3 is 12.4 Å². The van der Waals surface area contributed by atoms with E-state index in [4.69, 9.17) is 10.5 Å². The van der Waals surface area contributed by atoms with Crippen LogP contribution in [0.15, 0.2) is 42.5 Å². The zero-order valence-corrected chi connectivity index (χ0v) is 12.2. The number of benzene rings is 2. The van der Waals surface area contributed by atoms with Gasteiger partial charge in [-0.1, -0.05) is 12.1 Å². The zero-order valence-electron chi connectivity index (χ0n) is 12.2. The van der Waals surface area contributed by atoms with Crippen LogP contribution in [0.25, 0.3) is 0 Å². The average Bonchev–Trinajstić information content (AvgIpc) is 2.47. The number of nitrogen functional groups attached to an aromatic ring is 1. The third kappa shape index (κ3) is 4.56. The van der Waals surface area contributed by atoms with Gasteiger partial charge in [-0.05, 0) is 35.9 Å². The van der Waals surface area contributed by atoms with Crippen LogP contribution in [0.1, 0.15) is 16.7 Å². The van der Waals surface area contributed by atoms with Crippen LogP contribution in [-0.4, -0.2) is 6.61 Å². The maximum absolute atomic E-state index is 12.9. The number of nitrogens with two attached hydrogens (primary N) is 1. The van der Waals surface area contributed by atoms with Crippen molar-refractivity contribution in [2.24, 2.45) is 0 Å². The molecule has 0 saturated carbocycles. The van der Waals surface area contributed by atoms with Crippen LogP contribution in [0.4, 0.5) is 32.0 Å². The first-order chi connectivity index (χ1) is 11.1. The quantitative estimate of drug-likeness (QED) is 0.628. The van der Waals surface area contributed by atoms with Crippen molar-refractivity contribution in [2.45, 2.75) is 18.8 Å². The summed E-state index contributed by atoms with van der Waals surface area (Å²) in [5, 5.41) is 0. The second kappa shape index (κ2) is 6.62. The topological polar surface area (TPSA) is 35.2 Å². The number of rotatable bonds is 4. The molecule has 2 rings (SSSR count). The van der Waals surface area contributed by atoms with Crippen molar-refractivity contribution in [3.8, 4) is 5.75 Å². The largest absolute Gasteiger partial charge is 0.493 e. The normalized spacial score (nSPS) is 12.2. The lowest BCUT2D eigenvalue weighted by Crippen LogP contribution is -2.11. The number of ether oxygens (including phenoxy) is 1. The molecule has 130 valence electrons. The molecule has 2 N–H and O–H groups in total. The van der Waals surface area contributed by atoms with Gasteiger partial charge in [-0.3, -0.25) is 0 Å². The van der Waals surface area contributed by atoms with E-state index in [0.29, 0.717) is 5.56 Å². The Morgan fingerprint density at radius 2 is 1.46 bits per heavy atom. The van der Waals surface area contributed by atoms with Gasteiger partial charge in [0.05, 0.1) is 17.7 Å². The van der Waals surface area contributed by atoms with Crippen LogP contribution in [0.2, 0.25) is 0 Å². The minimum absolute atomic E-state index is 0.0441. The summed E-state index contributed by atoms with van der Waals surface area (Å²) in [6, 6.07) is 7.53. The van der Waals surface area contributed by atoms with Gasteiger partial charge in [-0.25, -0.2) is 0 Å². The van der Waals surface area contributed by atoms with Crippen molar-refractivity contribution < 1.29 is 31.1 Å². The van der Waals surface area contributed by atoms with Crippen molar-refractivity contribution in [1.29, 1.82) is 0 Å².